The van der Waals surface area contributed by atoms with Crippen LogP contribution in [0.2, 0.25) is 0 Å². The van der Waals surface area contributed by atoms with Gasteiger partial charge in [-0.3, -0.25) is 9.59 Å². The molecule has 0 bridgehead atoms. The van der Waals surface area contributed by atoms with Crippen LogP contribution in [0, 0.1) is 0 Å². The van der Waals surface area contributed by atoms with Crippen LogP contribution < -0.4 is 10.1 Å². The Morgan fingerprint density at radius 1 is 1.00 bits per heavy atom. The Morgan fingerprint density at radius 3 is 2.56 bits per heavy atom. The lowest BCUT2D eigenvalue weighted by Gasteiger charge is -2.25. The van der Waals surface area contributed by atoms with Gasteiger partial charge in [0.05, 0.1) is 13.2 Å². The minimum Gasteiger partial charge on any atom is -0.497 e. The average molecular weight is 425 g/mol. The molecule has 0 saturated carbocycles. The first-order valence-corrected chi connectivity index (χ1v) is 10.5. The van der Waals surface area contributed by atoms with Crippen molar-refractivity contribution in [3.63, 3.8) is 0 Å². The summed E-state index contributed by atoms with van der Waals surface area (Å²) in [6.45, 7) is 0.364. The van der Waals surface area contributed by atoms with Gasteiger partial charge in [0.25, 0.3) is 5.91 Å². The Bertz CT molecular complexity index is 1290. The number of ether oxygens (including phenoxy) is 1. The molecule has 6 heteroatoms. The zero-order valence-corrected chi connectivity index (χ0v) is 17.7. The fourth-order valence-electron chi connectivity index (χ4n) is 4.34. The number of carbonyl (C=O) groups excluding carboxylic acids is 2. The smallest absolute Gasteiger partial charge is 0.255 e. The monoisotopic (exact) mass is 425 g/mol. The Morgan fingerprint density at radius 2 is 1.75 bits per heavy atom. The first-order chi connectivity index (χ1) is 15.7. The maximum absolute atomic E-state index is 13.2. The van der Waals surface area contributed by atoms with E-state index < -0.39 is 0 Å². The summed E-state index contributed by atoms with van der Waals surface area (Å²) in [5.74, 6) is 0.435. The Balaban J connectivity index is 1.40. The van der Waals surface area contributed by atoms with Crippen molar-refractivity contribution in [3.05, 3.63) is 101 Å². The Hall–Kier alpha value is -4.06. The minimum absolute atomic E-state index is 0.0200. The molecule has 0 spiro atoms. The van der Waals surface area contributed by atoms with Crippen LogP contribution in [0.15, 0.2) is 79.0 Å². The van der Waals surface area contributed by atoms with Gasteiger partial charge in [0, 0.05) is 34.8 Å². The number of nitrogens with zero attached hydrogens (tertiary/aromatic N) is 1. The van der Waals surface area contributed by atoms with Gasteiger partial charge in [-0.15, -0.1) is 0 Å². The number of aromatic amines is 1. The van der Waals surface area contributed by atoms with E-state index in [0.717, 1.165) is 33.3 Å². The number of amides is 2. The number of hydrogen-bond donors (Lipinski definition) is 2. The number of carbonyl (C=O) groups is 2. The Kier molecular flexibility index (Phi) is 5.11. The number of fused-ring (bicyclic) bond motifs is 2. The Labute approximate surface area is 185 Å². The maximum Gasteiger partial charge on any atom is 0.255 e. The zero-order chi connectivity index (χ0) is 22.1. The summed E-state index contributed by atoms with van der Waals surface area (Å²) in [6, 6.07) is 22.8. The normalized spacial score (nSPS) is 15.1. The predicted molar refractivity (Wildman–Crippen MR) is 122 cm³/mol. The fourth-order valence-corrected chi connectivity index (χ4v) is 4.34. The summed E-state index contributed by atoms with van der Waals surface area (Å²) < 4.78 is 5.17. The molecule has 0 fully saturated rings. The molecule has 6 nitrogen and oxygen atoms in total. The number of nitrogens with one attached hydrogen (secondary N) is 2. The van der Waals surface area contributed by atoms with Gasteiger partial charge in [0.2, 0.25) is 5.91 Å². The molecule has 1 atom stereocenters. The van der Waals surface area contributed by atoms with Gasteiger partial charge in [-0.2, -0.15) is 0 Å². The van der Waals surface area contributed by atoms with E-state index in [1.807, 2.05) is 79.0 Å². The molecule has 3 aromatic carbocycles. The van der Waals surface area contributed by atoms with Crippen LogP contribution in [-0.2, 0) is 11.3 Å². The molecule has 2 amide bonds. The predicted octanol–water partition coefficient (Wildman–Crippen LogP) is 4.04. The van der Waals surface area contributed by atoms with Crippen LogP contribution in [-0.4, -0.2) is 35.4 Å². The molecular formula is C26H23N3O3. The molecule has 2 heterocycles. The highest BCUT2D eigenvalue weighted by molar-refractivity contribution is 6.02. The first kappa shape index (κ1) is 19.9. The fraction of sp³-hybridized carbons (Fsp3) is 0.154. The summed E-state index contributed by atoms with van der Waals surface area (Å²) in [5.41, 5.74) is 4.52. The molecule has 160 valence electrons. The van der Waals surface area contributed by atoms with Crippen molar-refractivity contribution < 1.29 is 14.3 Å². The number of aromatic nitrogens is 1. The summed E-state index contributed by atoms with van der Waals surface area (Å²) >= 11 is 0. The van der Waals surface area contributed by atoms with Gasteiger partial charge in [-0.05, 0) is 35.4 Å². The van der Waals surface area contributed by atoms with E-state index in [9.17, 15) is 9.59 Å². The van der Waals surface area contributed by atoms with E-state index in [0.29, 0.717) is 12.1 Å². The van der Waals surface area contributed by atoms with Gasteiger partial charge in [-0.1, -0.05) is 48.5 Å². The van der Waals surface area contributed by atoms with E-state index in [1.54, 1.807) is 12.0 Å². The van der Waals surface area contributed by atoms with Crippen LogP contribution in [0.3, 0.4) is 0 Å². The molecule has 4 aromatic rings. The van der Waals surface area contributed by atoms with Crippen LogP contribution in [0.5, 0.6) is 5.75 Å². The largest absolute Gasteiger partial charge is 0.497 e. The molecule has 1 aliphatic rings. The van der Waals surface area contributed by atoms with Crippen molar-refractivity contribution in [1.29, 1.82) is 0 Å². The van der Waals surface area contributed by atoms with Gasteiger partial charge in [0.15, 0.2) is 0 Å². The first-order valence-electron chi connectivity index (χ1n) is 10.5. The lowest BCUT2D eigenvalue weighted by molar-refractivity contribution is -0.122. The highest BCUT2D eigenvalue weighted by Crippen LogP contribution is 2.40. The number of benzene rings is 3. The molecule has 32 heavy (non-hydrogen) atoms. The van der Waals surface area contributed by atoms with E-state index in [1.165, 1.54) is 0 Å². The number of rotatable bonds is 6. The summed E-state index contributed by atoms with van der Waals surface area (Å²) in [5, 5.41) is 3.98. The van der Waals surface area contributed by atoms with Crippen molar-refractivity contribution in [2.45, 2.75) is 12.6 Å². The van der Waals surface area contributed by atoms with E-state index in [-0.39, 0.29) is 24.4 Å². The SMILES string of the molecule is COc1ccc(CNC(=O)CN2C(=O)c3ccccc3[C@@H]2c2c[nH]c3ccccc23)cc1. The highest BCUT2D eigenvalue weighted by atomic mass is 16.5. The van der Waals surface area contributed by atoms with Crippen molar-refractivity contribution in [1.82, 2.24) is 15.2 Å². The van der Waals surface area contributed by atoms with Gasteiger partial charge < -0.3 is 19.9 Å². The molecule has 0 saturated heterocycles. The van der Waals surface area contributed by atoms with Crippen molar-refractivity contribution in [2.24, 2.45) is 0 Å². The zero-order valence-electron chi connectivity index (χ0n) is 17.7. The van der Waals surface area contributed by atoms with Crippen LogP contribution >= 0.6 is 0 Å². The topological polar surface area (TPSA) is 74.4 Å². The molecule has 0 aliphatic carbocycles. The average Bonchev–Trinajstić information content (AvgIpc) is 3.37. The van der Waals surface area contributed by atoms with Crippen LogP contribution in [0.25, 0.3) is 10.9 Å². The second kappa shape index (κ2) is 8.23. The molecule has 0 unspecified atom stereocenters. The summed E-state index contributed by atoms with van der Waals surface area (Å²) in [6.07, 6.45) is 1.94. The molecule has 5 rings (SSSR count). The molecule has 0 radical (unpaired) electrons. The summed E-state index contributed by atoms with van der Waals surface area (Å²) in [4.78, 5) is 31.0. The second-order valence-electron chi connectivity index (χ2n) is 7.84. The van der Waals surface area contributed by atoms with Gasteiger partial charge in [0.1, 0.15) is 12.3 Å². The quantitative estimate of drug-likeness (QED) is 0.490. The van der Waals surface area contributed by atoms with Crippen LogP contribution in [0.1, 0.15) is 33.1 Å². The van der Waals surface area contributed by atoms with E-state index in [2.05, 4.69) is 10.3 Å². The number of methoxy groups -OCH3 is 1. The molecular weight excluding hydrogens is 402 g/mol. The second-order valence-corrected chi connectivity index (χ2v) is 7.84. The van der Waals surface area contributed by atoms with Crippen molar-refractivity contribution in [2.75, 3.05) is 13.7 Å². The van der Waals surface area contributed by atoms with Crippen molar-refractivity contribution >= 4 is 22.7 Å². The molecule has 2 N–H and O–H groups in total. The molecule has 1 aromatic heterocycles. The number of para-hydroxylation sites is 1. The number of hydrogen-bond acceptors (Lipinski definition) is 3. The lowest BCUT2D eigenvalue weighted by atomic mass is 9.97. The number of H-pyrrole nitrogens is 1. The van der Waals surface area contributed by atoms with Gasteiger partial charge in [-0.25, -0.2) is 0 Å². The third-order valence-corrected chi connectivity index (χ3v) is 5.94. The van der Waals surface area contributed by atoms with Crippen molar-refractivity contribution in [3.8, 4) is 5.75 Å². The third-order valence-electron chi connectivity index (χ3n) is 5.94. The standard InChI is InChI=1S/C26H23N3O3/c1-32-18-12-10-17(11-13-18)14-28-24(30)16-29-25(20-7-2-3-8-21(20)26(29)31)22-15-27-23-9-5-4-6-19(22)23/h2-13,15,25,27H,14,16H2,1H3,(H,28,30)/t25-/m1/s1. The van der Waals surface area contributed by atoms with E-state index in [4.69, 9.17) is 4.74 Å². The minimum atomic E-state index is -0.318. The summed E-state index contributed by atoms with van der Waals surface area (Å²) in [7, 11) is 1.62. The third kappa shape index (κ3) is 3.50. The highest BCUT2D eigenvalue weighted by Gasteiger charge is 2.39. The van der Waals surface area contributed by atoms with Crippen LogP contribution in [0.4, 0.5) is 0 Å². The lowest BCUT2D eigenvalue weighted by Crippen LogP contribution is -2.39. The van der Waals surface area contributed by atoms with E-state index >= 15 is 0 Å². The molecule has 1 aliphatic heterocycles. The maximum atomic E-state index is 13.2. The van der Waals surface area contributed by atoms with Gasteiger partial charge >= 0.3 is 0 Å².